The van der Waals surface area contributed by atoms with Crippen LogP contribution in [0, 0.1) is 0 Å². The predicted octanol–water partition coefficient (Wildman–Crippen LogP) is 1.51. The maximum Gasteiger partial charge on any atom is 0.271 e. The van der Waals surface area contributed by atoms with E-state index in [4.69, 9.17) is 0 Å². The van der Waals surface area contributed by atoms with Crippen molar-refractivity contribution >= 4 is 11.7 Å². The largest absolute Gasteiger partial charge is 0.369 e. The molecule has 1 aliphatic rings. The molecule has 2 N–H and O–H groups in total. The van der Waals surface area contributed by atoms with E-state index in [9.17, 15) is 4.79 Å². The Hall–Kier alpha value is -1.69. The molecule has 1 unspecified atom stereocenters. The van der Waals surface area contributed by atoms with Gasteiger partial charge >= 0.3 is 0 Å². The van der Waals surface area contributed by atoms with E-state index in [-0.39, 0.29) is 5.91 Å². The summed E-state index contributed by atoms with van der Waals surface area (Å²) >= 11 is 0. The van der Waals surface area contributed by atoms with Crippen LogP contribution in [0.2, 0.25) is 0 Å². The molecule has 0 radical (unpaired) electrons. The molecular weight excluding hydrogens is 266 g/mol. The topological polar surface area (TPSA) is 70.2 Å². The average Bonchev–Trinajstić information content (AvgIpc) is 2.52. The smallest absolute Gasteiger partial charge is 0.271 e. The van der Waals surface area contributed by atoms with Gasteiger partial charge in [0.25, 0.3) is 5.91 Å². The average molecular weight is 291 g/mol. The number of anilines is 1. The number of rotatable bonds is 6. The number of likely N-dealkylation sites (tertiary alicyclic amines) is 1. The molecule has 0 spiro atoms. The van der Waals surface area contributed by atoms with E-state index in [1.165, 1.54) is 19.0 Å². The van der Waals surface area contributed by atoms with Crippen molar-refractivity contribution in [2.24, 2.45) is 0 Å². The molecular formula is C15H25N5O. The van der Waals surface area contributed by atoms with Crippen molar-refractivity contribution in [2.75, 3.05) is 32.0 Å². The minimum absolute atomic E-state index is 0.150. The lowest BCUT2D eigenvalue weighted by molar-refractivity contribution is 0.0923. The molecule has 6 nitrogen and oxygen atoms in total. The van der Waals surface area contributed by atoms with Crippen LogP contribution in [0.25, 0.3) is 0 Å². The second-order valence-electron chi connectivity index (χ2n) is 5.55. The first-order valence-electron chi connectivity index (χ1n) is 7.75. The summed E-state index contributed by atoms with van der Waals surface area (Å²) < 4.78 is 0. The van der Waals surface area contributed by atoms with E-state index in [1.807, 2.05) is 0 Å². The minimum Gasteiger partial charge on any atom is -0.369 e. The second kappa shape index (κ2) is 7.93. The fraction of sp³-hybridized carbons (Fsp3) is 0.667. The number of likely N-dealkylation sites (N-methyl/N-ethyl adjacent to an activating group) is 1. The molecule has 2 heterocycles. The highest BCUT2D eigenvalue weighted by Gasteiger charge is 2.19. The fourth-order valence-corrected chi connectivity index (χ4v) is 2.49. The number of piperidine rings is 1. The Morgan fingerprint density at radius 3 is 2.90 bits per heavy atom. The van der Waals surface area contributed by atoms with Crippen molar-refractivity contribution in [1.82, 2.24) is 20.2 Å². The third-order valence-electron chi connectivity index (χ3n) is 3.86. The zero-order chi connectivity index (χ0) is 15.1. The maximum atomic E-state index is 12.1. The molecule has 0 bridgehead atoms. The van der Waals surface area contributed by atoms with E-state index >= 15 is 0 Å². The summed E-state index contributed by atoms with van der Waals surface area (Å²) in [6.07, 6.45) is 7.79. The van der Waals surface area contributed by atoms with Crippen LogP contribution >= 0.6 is 0 Å². The fourth-order valence-electron chi connectivity index (χ4n) is 2.49. The van der Waals surface area contributed by atoms with Crippen LogP contribution in [0.1, 0.15) is 43.1 Å². The molecule has 1 aromatic heterocycles. The molecule has 0 aliphatic carbocycles. The molecule has 1 saturated heterocycles. The van der Waals surface area contributed by atoms with Crippen LogP contribution < -0.4 is 10.6 Å². The van der Waals surface area contributed by atoms with Gasteiger partial charge in [-0.1, -0.05) is 13.3 Å². The molecule has 1 aromatic rings. The molecule has 2 rings (SSSR count). The lowest BCUT2D eigenvalue weighted by atomic mass is 10.0. The molecule has 6 heteroatoms. The number of carbonyl (C=O) groups excluding carboxylic acids is 1. The van der Waals surface area contributed by atoms with Crippen molar-refractivity contribution in [1.29, 1.82) is 0 Å². The summed E-state index contributed by atoms with van der Waals surface area (Å²) in [5.74, 6) is 0.559. The summed E-state index contributed by atoms with van der Waals surface area (Å²) in [4.78, 5) is 22.7. The lowest BCUT2D eigenvalue weighted by Gasteiger charge is -2.32. The van der Waals surface area contributed by atoms with Gasteiger partial charge in [0.15, 0.2) is 0 Å². The Kier molecular flexibility index (Phi) is 5.92. The van der Waals surface area contributed by atoms with E-state index in [2.05, 4.69) is 39.5 Å². The van der Waals surface area contributed by atoms with Crippen molar-refractivity contribution in [3.8, 4) is 0 Å². The number of hydrogen-bond acceptors (Lipinski definition) is 5. The van der Waals surface area contributed by atoms with Crippen molar-refractivity contribution < 1.29 is 4.79 Å². The molecule has 1 aliphatic heterocycles. The predicted molar refractivity (Wildman–Crippen MR) is 83.4 cm³/mol. The molecule has 116 valence electrons. The lowest BCUT2D eigenvalue weighted by Crippen LogP contribution is -2.44. The Bertz CT molecular complexity index is 448. The monoisotopic (exact) mass is 291 g/mol. The maximum absolute atomic E-state index is 12.1. The number of aromatic nitrogens is 2. The number of nitrogens with one attached hydrogen (secondary N) is 2. The van der Waals surface area contributed by atoms with Crippen LogP contribution in [0.4, 0.5) is 5.82 Å². The number of nitrogens with zero attached hydrogens (tertiary/aromatic N) is 3. The van der Waals surface area contributed by atoms with Crippen LogP contribution in [0.5, 0.6) is 0 Å². The third kappa shape index (κ3) is 4.67. The standard InChI is InChI=1S/C15H25N5O/c1-3-7-16-14-11-17-13(10-18-14)15(21)19-9-12-6-4-5-8-20(12)2/h10-12H,3-9H2,1-2H3,(H,16,18)(H,19,21). The SMILES string of the molecule is CCCNc1cnc(C(=O)NCC2CCCCN2C)cn1. The van der Waals surface area contributed by atoms with Gasteiger partial charge in [0, 0.05) is 19.1 Å². The van der Waals surface area contributed by atoms with E-state index in [0.717, 1.165) is 25.9 Å². The number of hydrogen-bond donors (Lipinski definition) is 2. The van der Waals surface area contributed by atoms with E-state index < -0.39 is 0 Å². The zero-order valence-corrected chi connectivity index (χ0v) is 12.9. The third-order valence-corrected chi connectivity index (χ3v) is 3.86. The van der Waals surface area contributed by atoms with Gasteiger partial charge < -0.3 is 15.5 Å². The second-order valence-corrected chi connectivity index (χ2v) is 5.55. The summed E-state index contributed by atoms with van der Waals surface area (Å²) in [5.41, 5.74) is 0.371. The Morgan fingerprint density at radius 2 is 2.24 bits per heavy atom. The van der Waals surface area contributed by atoms with Gasteiger partial charge in [0.2, 0.25) is 0 Å². The first-order chi connectivity index (χ1) is 10.2. The highest BCUT2D eigenvalue weighted by molar-refractivity contribution is 5.92. The van der Waals surface area contributed by atoms with Crippen LogP contribution in [0.15, 0.2) is 12.4 Å². The van der Waals surface area contributed by atoms with Crippen molar-refractivity contribution in [2.45, 2.75) is 38.6 Å². The van der Waals surface area contributed by atoms with Crippen molar-refractivity contribution in [3.63, 3.8) is 0 Å². The quantitative estimate of drug-likeness (QED) is 0.831. The first-order valence-corrected chi connectivity index (χ1v) is 7.75. The molecule has 1 amide bonds. The van der Waals surface area contributed by atoms with Gasteiger partial charge in [-0.05, 0) is 32.9 Å². The molecule has 0 aromatic carbocycles. The van der Waals surface area contributed by atoms with Crippen LogP contribution in [0.3, 0.4) is 0 Å². The van der Waals surface area contributed by atoms with Crippen molar-refractivity contribution in [3.05, 3.63) is 18.1 Å². The number of carbonyl (C=O) groups is 1. The zero-order valence-electron chi connectivity index (χ0n) is 12.9. The first kappa shape index (κ1) is 15.7. The Morgan fingerprint density at radius 1 is 1.38 bits per heavy atom. The summed E-state index contributed by atoms with van der Waals surface area (Å²) in [6, 6.07) is 0.432. The van der Waals surface area contributed by atoms with Gasteiger partial charge in [-0.3, -0.25) is 4.79 Å². The summed E-state index contributed by atoms with van der Waals surface area (Å²) in [6.45, 7) is 4.73. The van der Waals surface area contributed by atoms with Crippen LogP contribution in [-0.2, 0) is 0 Å². The molecule has 1 atom stereocenters. The Labute approximate surface area is 126 Å². The van der Waals surface area contributed by atoms with Gasteiger partial charge in [-0.2, -0.15) is 0 Å². The van der Waals surface area contributed by atoms with E-state index in [1.54, 1.807) is 6.20 Å². The normalized spacial score (nSPS) is 19.2. The number of amides is 1. The Balaban J connectivity index is 1.82. The van der Waals surface area contributed by atoms with Gasteiger partial charge in [-0.15, -0.1) is 0 Å². The van der Waals surface area contributed by atoms with Gasteiger partial charge in [0.1, 0.15) is 11.5 Å². The summed E-state index contributed by atoms with van der Waals surface area (Å²) in [5, 5.41) is 6.10. The molecule has 0 saturated carbocycles. The van der Waals surface area contributed by atoms with Gasteiger partial charge in [-0.25, -0.2) is 9.97 Å². The highest BCUT2D eigenvalue weighted by atomic mass is 16.1. The minimum atomic E-state index is -0.150. The van der Waals surface area contributed by atoms with Gasteiger partial charge in [0.05, 0.1) is 12.4 Å². The summed E-state index contributed by atoms with van der Waals surface area (Å²) in [7, 11) is 2.12. The molecule has 21 heavy (non-hydrogen) atoms. The van der Waals surface area contributed by atoms with Crippen LogP contribution in [-0.4, -0.2) is 53.5 Å². The highest BCUT2D eigenvalue weighted by Crippen LogP contribution is 2.14. The molecule has 1 fully saturated rings. The van der Waals surface area contributed by atoms with E-state index in [0.29, 0.717) is 24.1 Å².